The number of alkyl halides is 3. The molecule has 2 aromatic carbocycles. The topological polar surface area (TPSA) is 88.4 Å². The van der Waals surface area contributed by atoms with Crippen LogP contribution in [0.1, 0.15) is 15.9 Å². The van der Waals surface area contributed by atoms with Crippen LogP contribution in [0.3, 0.4) is 0 Å². The van der Waals surface area contributed by atoms with E-state index in [2.05, 4.69) is 5.29 Å². The molecular formula is C18H17F3N2O5. The van der Waals surface area contributed by atoms with Crippen molar-refractivity contribution in [3.63, 3.8) is 0 Å². The number of carbonyl (C=O) groups is 1. The number of hydrogen-bond donors (Lipinski definition) is 1. The summed E-state index contributed by atoms with van der Waals surface area (Å²) in [5.74, 6) is -0.802. The molecule has 28 heavy (non-hydrogen) atoms. The molecule has 0 heterocycles. The Hall–Kier alpha value is -2.98. The molecule has 0 aliphatic carbocycles. The summed E-state index contributed by atoms with van der Waals surface area (Å²) < 4.78 is 48.8. The normalized spacial score (nSPS) is 11.1. The first kappa shape index (κ1) is 21.3. The molecule has 0 atom stereocenters. The number of halogens is 3. The third-order valence-electron chi connectivity index (χ3n) is 3.55. The molecule has 0 aliphatic rings. The lowest BCUT2D eigenvalue weighted by Gasteiger charge is -2.19. The summed E-state index contributed by atoms with van der Waals surface area (Å²) >= 11 is 0. The third kappa shape index (κ3) is 5.51. The fraction of sp³-hybridized carbons (Fsp3) is 0.278. The largest absolute Gasteiger partial charge is 0.460 e. The van der Waals surface area contributed by atoms with Gasteiger partial charge in [0.15, 0.2) is 0 Å². The van der Waals surface area contributed by atoms with Gasteiger partial charge in [0.05, 0.1) is 47.6 Å². The van der Waals surface area contributed by atoms with Gasteiger partial charge < -0.3 is 14.6 Å². The van der Waals surface area contributed by atoms with Crippen molar-refractivity contribution in [3.05, 3.63) is 64.6 Å². The number of aliphatic hydroxyl groups is 1. The summed E-state index contributed by atoms with van der Waals surface area (Å²) in [7, 11) is 0. The number of hydrogen-bond acceptors (Lipinski definition) is 6. The molecule has 0 saturated carbocycles. The fourth-order valence-corrected chi connectivity index (χ4v) is 2.31. The molecule has 10 heteroatoms. The Bertz CT molecular complexity index is 814. The number of benzene rings is 2. The molecule has 150 valence electrons. The van der Waals surface area contributed by atoms with E-state index < -0.39 is 17.7 Å². The predicted octanol–water partition coefficient (Wildman–Crippen LogP) is 3.69. The summed E-state index contributed by atoms with van der Waals surface area (Å²) in [6.45, 7) is -0.136. The Morgan fingerprint density at radius 2 is 1.82 bits per heavy atom. The molecule has 7 nitrogen and oxygen atoms in total. The van der Waals surface area contributed by atoms with Crippen LogP contribution in [0.2, 0.25) is 0 Å². The standard InChI is InChI=1S/C18H17F3N2O5/c19-18(20,21)13-4-3-5-14(12-13)23(22-26)16-7-2-1-6-15(16)17(25)28-11-10-27-9-8-24/h1-7,12,24H,8-11H2. The summed E-state index contributed by atoms with van der Waals surface area (Å²) in [4.78, 5) is 23.7. The van der Waals surface area contributed by atoms with E-state index >= 15 is 0 Å². The van der Waals surface area contributed by atoms with Crippen LogP contribution in [0.25, 0.3) is 0 Å². The van der Waals surface area contributed by atoms with Gasteiger partial charge in [0, 0.05) is 0 Å². The van der Waals surface area contributed by atoms with Crippen molar-refractivity contribution in [1.82, 2.24) is 0 Å². The lowest BCUT2D eigenvalue weighted by atomic mass is 10.1. The number of esters is 1. The number of aliphatic hydroxyl groups excluding tert-OH is 1. The van der Waals surface area contributed by atoms with Gasteiger partial charge >= 0.3 is 12.1 Å². The van der Waals surface area contributed by atoms with Gasteiger partial charge in [-0.2, -0.15) is 18.2 Å². The zero-order chi connectivity index (χ0) is 20.6. The SMILES string of the molecule is O=NN(c1cccc(C(F)(F)F)c1)c1ccccc1C(=O)OCCOCCO. The minimum absolute atomic E-state index is 0.0295. The van der Waals surface area contributed by atoms with E-state index in [0.29, 0.717) is 5.01 Å². The molecule has 0 radical (unpaired) electrons. The average Bonchev–Trinajstić information content (AvgIpc) is 2.68. The Morgan fingerprint density at radius 1 is 1.07 bits per heavy atom. The predicted molar refractivity (Wildman–Crippen MR) is 94.0 cm³/mol. The smallest absolute Gasteiger partial charge is 0.416 e. The first-order chi connectivity index (χ1) is 13.4. The first-order valence-corrected chi connectivity index (χ1v) is 8.14. The van der Waals surface area contributed by atoms with Gasteiger partial charge in [0.25, 0.3) is 0 Å². The van der Waals surface area contributed by atoms with Gasteiger partial charge in [-0.25, -0.2) is 4.79 Å². The van der Waals surface area contributed by atoms with E-state index in [1.807, 2.05) is 0 Å². The maximum absolute atomic E-state index is 12.9. The highest BCUT2D eigenvalue weighted by atomic mass is 19.4. The van der Waals surface area contributed by atoms with Crippen LogP contribution in [-0.4, -0.2) is 37.5 Å². The summed E-state index contributed by atoms with van der Waals surface area (Å²) in [6.07, 6.45) is -4.60. The Morgan fingerprint density at radius 3 is 2.50 bits per heavy atom. The van der Waals surface area contributed by atoms with E-state index in [1.54, 1.807) is 0 Å². The zero-order valence-corrected chi connectivity index (χ0v) is 14.6. The zero-order valence-electron chi connectivity index (χ0n) is 14.6. The molecule has 0 unspecified atom stereocenters. The van der Waals surface area contributed by atoms with Gasteiger partial charge in [0.2, 0.25) is 0 Å². The van der Waals surface area contributed by atoms with Crippen LogP contribution in [0, 0.1) is 4.91 Å². The average molecular weight is 398 g/mol. The minimum Gasteiger partial charge on any atom is -0.460 e. The second-order valence-electron chi connectivity index (χ2n) is 5.43. The lowest BCUT2D eigenvalue weighted by molar-refractivity contribution is -0.137. The number of carbonyl (C=O) groups excluding carboxylic acids is 1. The monoisotopic (exact) mass is 398 g/mol. The van der Waals surface area contributed by atoms with Crippen molar-refractivity contribution in [2.24, 2.45) is 5.29 Å². The Kier molecular flexibility index (Phi) is 7.47. The van der Waals surface area contributed by atoms with Gasteiger partial charge in [-0.3, -0.25) is 0 Å². The molecule has 2 aromatic rings. The minimum atomic E-state index is -4.60. The van der Waals surface area contributed by atoms with Crippen LogP contribution < -0.4 is 5.01 Å². The second kappa shape index (κ2) is 9.81. The van der Waals surface area contributed by atoms with E-state index in [1.165, 1.54) is 30.3 Å². The first-order valence-electron chi connectivity index (χ1n) is 8.14. The van der Waals surface area contributed by atoms with E-state index in [0.717, 1.165) is 18.2 Å². The molecular weight excluding hydrogens is 381 g/mol. The maximum atomic E-state index is 12.9. The van der Waals surface area contributed by atoms with Gasteiger partial charge in [0.1, 0.15) is 6.61 Å². The van der Waals surface area contributed by atoms with Crippen LogP contribution in [0.5, 0.6) is 0 Å². The van der Waals surface area contributed by atoms with E-state index in [-0.39, 0.29) is 43.4 Å². The van der Waals surface area contributed by atoms with Gasteiger partial charge in [-0.05, 0) is 30.3 Å². The number of anilines is 2. The summed E-state index contributed by atoms with van der Waals surface area (Å²) in [5.41, 5.74) is -1.20. The third-order valence-corrected chi connectivity index (χ3v) is 3.55. The van der Waals surface area contributed by atoms with Gasteiger partial charge in [-0.15, -0.1) is 4.91 Å². The van der Waals surface area contributed by atoms with Crippen LogP contribution >= 0.6 is 0 Å². The second-order valence-corrected chi connectivity index (χ2v) is 5.43. The van der Waals surface area contributed by atoms with Crippen molar-refractivity contribution < 1.29 is 32.5 Å². The highest BCUT2D eigenvalue weighted by Crippen LogP contribution is 2.35. The van der Waals surface area contributed by atoms with Crippen LogP contribution in [-0.2, 0) is 15.7 Å². The van der Waals surface area contributed by atoms with E-state index in [4.69, 9.17) is 14.6 Å². The molecule has 0 saturated heterocycles. The number of ether oxygens (including phenoxy) is 2. The quantitative estimate of drug-likeness (QED) is 0.300. The molecule has 0 amide bonds. The van der Waals surface area contributed by atoms with Crippen molar-refractivity contribution in [2.45, 2.75) is 6.18 Å². The molecule has 0 aromatic heterocycles. The summed E-state index contributed by atoms with van der Waals surface area (Å²) in [5, 5.41) is 12.1. The van der Waals surface area contributed by atoms with Crippen molar-refractivity contribution >= 4 is 17.3 Å². The highest BCUT2D eigenvalue weighted by Gasteiger charge is 2.31. The van der Waals surface area contributed by atoms with Crippen molar-refractivity contribution in [3.8, 4) is 0 Å². The van der Waals surface area contributed by atoms with E-state index in [9.17, 15) is 22.9 Å². The van der Waals surface area contributed by atoms with Gasteiger partial charge in [-0.1, -0.05) is 18.2 Å². The number of rotatable bonds is 9. The molecule has 0 spiro atoms. The van der Waals surface area contributed by atoms with Crippen molar-refractivity contribution in [1.29, 1.82) is 0 Å². The summed E-state index contributed by atoms with van der Waals surface area (Å²) in [6, 6.07) is 9.75. The molecule has 2 rings (SSSR count). The maximum Gasteiger partial charge on any atom is 0.416 e. The molecule has 1 N–H and O–H groups in total. The Balaban J connectivity index is 2.26. The number of nitrogens with zero attached hydrogens (tertiary/aromatic N) is 2. The lowest BCUT2D eigenvalue weighted by Crippen LogP contribution is -2.17. The fourth-order valence-electron chi connectivity index (χ4n) is 2.31. The Labute approximate surface area is 158 Å². The van der Waals surface area contributed by atoms with Crippen LogP contribution in [0.15, 0.2) is 53.8 Å². The molecule has 0 bridgehead atoms. The van der Waals surface area contributed by atoms with Crippen molar-refractivity contribution in [2.75, 3.05) is 31.4 Å². The number of para-hydroxylation sites is 1. The highest BCUT2D eigenvalue weighted by molar-refractivity contribution is 5.96. The number of nitroso groups, excluding NO2 is 1. The van der Waals surface area contributed by atoms with Crippen LogP contribution in [0.4, 0.5) is 24.5 Å². The molecule has 0 fully saturated rings. The molecule has 0 aliphatic heterocycles.